The van der Waals surface area contributed by atoms with Crippen molar-refractivity contribution in [3.8, 4) is 0 Å². The summed E-state index contributed by atoms with van der Waals surface area (Å²) < 4.78 is 14.1. The molecule has 0 amide bonds. The number of aromatic nitrogens is 2. The van der Waals surface area contributed by atoms with Gasteiger partial charge in [-0.3, -0.25) is 4.21 Å². The van der Waals surface area contributed by atoms with Gasteiger partial charge in [0.15, 0.2) is 4.77 Å². The normalized spacial score (nSPS) is 13.1. The first kappa shape index (κ1) is 11.5. The number of imidazole rings is 1. The second-order valence-corrected chi connectivity index (χ2v) is 5.78. The van der Waals surface area contributed by atoms with Gasteiger partial charge in [0, 0.05) is 28.9 Å². The highest BCUT2D eigenvalue weighted by molar-refractivity contribution is 7.84. The number of nitrogens with zero attached hydrogens (tertiary/aromatic N) is 1. The first-order valence-electron chi connectivity index (χ1n) is 5.25. The molecule has 0 spiro atoms. The van der Waals surface area contributed by atoms with Crippen LogP contribution in [0.5, 0.6) is 0 Å². The summed E-state index contributed by atoms with van der Waals surface area (Å²) >= 11 is 5.25. The molecule has 2 aromatic rings. The van der Waals surface area contributed by atoms with E-state index in [1.54, 1.807) is 0 Å². The Morgan fingerprint density at radius 1 is 1.44 bits per heavy atom. The molecule has 86 valence electrons. The largest absolute Gasteiger partial charge is 0.331 e. The molecule has 1 aromatic heterocycles. The van der Waals surface area contributed by atoms with E-state index in [-0.39, 0.29) is 0 Å². The maximum atomic E-state index is 11.4. The topological polar surface area (TPSA) is 37.8 Å². The molecule has 3 nitrogen and oxygen atoms in total. The van der Waals surface area contributed by atoms with Crippen molar-refractivity contribution in [1.82, 2.24) is 9.55 Å². The third kappa shape index (κ3) is 2.25. The molecule has 1 atom stereocenters. The van der Waals surface area contributed by atoms with Gasteiger partial charge in [-0.15, -0.1) is 0 Å². The van der Waals surface area contributed by atoms with Crippen LogP contribution in [0.1, 0.15) is 6.92 Å². The Morgan fingerprint density at radius 2 is 2.19 bits per heavy atom. The summed E-state index contributed by atoms with van der Waals surface area (Å²) in [5, 5.41) is 0. The van der Waals surface area contributed by atoms with E-state index in [9.17, 15) is 4.21 Å². The van der Waals surface area contributed by atoms with E-state index in [2.05, 4.69) is 4.98 Å². The Morgan fingerprint density at radius 3 is 2.94 bits per heavy atom. The highest BCUT2D eigenvalue weighted by Crippen LogP contribution is 2.13. The van der Waals surface area contributed by atoms with Crippen molar-refractivity contribution in [3.63, 3.8) is 0 Å². The van der Waals surface area contributed by atoms with Crippen LogP contribution in [0.4, 0.5) is 0 Å². The molecule has 1 unspecified atom stereocenters. The lowest BCUT2D eigenvalue weighted by Gasteiger charge is -2.03. The van der Waals surface area contributed by atoms with Gasteiger partial charge in [-0.2, -0.15) is 0 Å². The van der Waals surface area contributed by atoms with E-state index in [0.717, 1.165) is 11.0 Å². The highest BCUT2D eigenvalue weighted by atomic mass is 32.2. The Bertz CT molecular complexity index is 571. The van der Waals surface area contributed by atoms with Gasteiger partial charge in [0.2, 0.25) is 0 Å². The zero-order valence-corrected chi connectivity index (χ0v) is 10.7. The molecule has 1 aromatic carbocycles. The van der Waals surface area contributed by atoms with Crippen LogP contribution in [0, 0.1) is 4.77 Å². The number of para-hydroxylation sites is 2. The van der Waals surface area contributed by atoms with Crippen molar-refractivity contribution in [3.05, 3.63) is 29.0 Å². The molecule has 5 heteroatoms. The second-order valence-electron chi connectivity index (χ2n) is 3.53. The number of hydrogen-bond donors (Lipinski definition) is 1. The molecular weight excluding hydrogens is 240 g/mol. The first-order chi connectivity index (χ1) is 7.72. The molecule has 0 saturated carbocycles. The lowest BCUT2D eigenvalue weighted by atomic mass is 10.3. The SMILES string of the molecule is CCS(=O)CCn1c(=S)[nH]c2ccccc21. The predicted molar refractivity (Wildman–Crippen MR) is 70.7 cm³/mol. The van der Waals surface area contributed by atoms with Crippen LogP contribution in [0.25, 0.3) is 11.0 Å². The van der Waals surface area contributed by atoms with Crippen molar-refractivity contribution < 1.29 is 4.21 Å². The van der Waals surface area contributed by atoms with Crippen LogP contribution in [-0.2, 0) is 17.3 Å². The fourth-order valence-electron chi connectivity index (χ4n) is 1.67. The van der Waals surface area contributed by atoms with Gasteiger partial charge >= 0.3 is 0 Å². The maximum Gasteiger partial charge on any atom is 0.178 e. The molecular formula is C11H14N2OS2. The number of H-pyrrole nitrogens is 1. The number of hydrogen-bond acceptors (Lipinski definition) is 2. The summed E-state index contributed by atoms with van der Waals surface area (Å²) in [5.41, 5.74) is 2.12. The molecule has 1 heterocycles. The maximum absolute atomic E-state index is 11.4. The summed E-state index contributed by atoms with van der Waals surface area (Å²) in [6, 6.07) is 7.98. The van der Waals surface area contributed by atoms with E-state index in [4.69, 9.17) is 12.2 Å². The fourth-order valence-corrected chi connectivity index (χ4v) is 2.64. The van der Waals surface area contributed by atoms with E-state index >= 15 is 0 Å². The van der Waals surface area contributed by atoms with Gasteiger partial charge in [-0.1, -0.05) is 19.1 Å². The zero-order valence-electron chi connectivity index (χ0n) is 9.10. The van der Waals surface area contributed by atoms with Crippen LogP contribution < -0.4 is 0 Å². The molecule has 16 heavy (non-hydrogen) atoms. The molecule has 0 radical (unpaired) electrons. The van der Waals surface area contributed by atoms with E-state index < -0.39 is 10.8 Å². The lowest BCUT2D eigenvalue weighted by Crippen LogP contribution is -2.08. The van der Waals surface area contributed by atoms with Crippen LogP contribution in [0.15, 0.2) is 24.3 Å². The van der Waals surface area contributed by atoms with E-state index in [1.807, 2.05) is 35.8 Å². The molecule has 1 N–H and O–H groups in total. The minimum Gasteiger partial charge on any atom is -0.331 e. The number of aromatic amines is 1. The van der Waals surface area contributed by atoms with Gasteiger partial charge in [0.1, 0.15) is 0 Å². The van der Waals surface area contributed by atoms with Crippen LogP contribution in [0.2, 0.25) is 0 Å². The number of rotatable bonds is 4. The molecule has 0 saturated heterocycles. The Hall–Kier alpha value is -0.940. The number of benzene rings is 1. The molecule has 0 aliphatic heterocycles. The van der Waals surface area contributed by atoms with Crippen LogP contribution in [0.3, 0.4) is 0 Å². The van der Waals surface area contributed by atoms with Crippen molar-refractivity contribution in [2.24, 2.45) is 0 Å². The summed E-state index contributed by atoms with van der Waals surface area (Å²) in [6.07, 6.45) is 0. The Balaban J connectivity index is 2.33. The van der Waals surface area contributed by atoms with Crippen molar-refractivity contribution in [2.75, 3.05) is 11.5 Å². The van der Waals surface area contributed by atoms with Crippen molar-refractivity contribution in [1.29, 1.82) is 0 Å². The molecule has 0 bridgehead atoms. The minimum atomic E-state index is -0.744. The third-order valence-electron chi connectivity index (χ3n) is 2.55. The molecule has 0 fully saturated rings. The van der Waals surface area contributed by atoms with Gasteiger partial charge in [-0.25, -0.2) is 0 Å². The second kappa shape index (κ2) is 4.93. The summed E-state index contributed by atoms with van der Waals surface area (Å²) in [4.78, 5) is 3.15. The zero-order chi connectivity index (χ0) is 11.5. The highest BCUT2D eigenvalue weighted by Gasteiger charge is 2.04. The Labute approximate surface area is 102 Å². The predicted octanol–water partition coefficient (Wildman–Crippen LogP) is 2.47. The van der Waals surface area contributed by atoms with Gasteiger partial charge < -0.3 is 9.55 Å². The smallest absolute Gasteiger partial charge is 0.178 e. The Kier molecular flexibility index (Phi) is 3.56. The monoisotopic (exact) mass is 254 g/mol. The summed E-state index contributed by atoms with van der Waals surface area (Å²) in [7, 11) is -0.744. The average Bonchev–Trinajstić information content (AvgIpc) is 2.62. The quantitative estimate of drug-likeness (QED) is 0.851. The first-order valence-corrected chi connectivity index (χ1v) is 7.14. The van der Waals surface area contributed by atoms with E-state index in [1.165, 1.54) is 0 Å². The average molecular weight is 254 g/mol. The molecule has 2 rings (SSSR count). The van der Waals surface area contributed by atoms with Crippen molar-refractivity contribution >= 4 is 34.1 Å². The van der Waals surface area contributed by atoms with Gasteiger partial charge in [0.25, 0.3) is 0 Å². The standard InChI is InChI=1S/C11H14N2OS2/c1-2-16(14)8-7-13-10-6-4-3-5-9(10)12-11(13)15/h3-6H,2,7-8H2,1H3,(H,12,15). The van der Waals surface area contributed by atoms with Crippen LogP contribution >= 0.6 is 12.2 Å². The lowest BCUT2D eigenvalue weighted by molar-refractivity contribution is 0.675. The number of aryl methyl sites for hydroxylation is 1. The van der Waals surface area contributed by atoms with Crippen molar-refractivity contribution in [2.45, 2.75) is 13.5 Å². The van der Waals surface area contributed by atoms with Gasteiger partial charge in [0.05, 0.1) is 11.0 Å². The van der Waals surface area contributed by atoms with Gasteiger partial charge in [-0.05, 0) is 24.4 Å². The number of fused-ring (bicyclic) bond motifs is 1. The minimum absolute atomic E-state index is 0.659. The summed E-state index contributed by atoms with van der Waals surface area (Å²) in [6.45, 7) is 2.65. The molecule has 0 aliphatic carbocycles. The van der Waals surface area contributed by atoms with E-state index in [0.29, 0.717) is 22.8 Å². The third-order valence-corrected chi connectivity index (χ3v) is 4.15. The summed E-state index contributed by atoms with van der Waals surface area (Å²) in [5.74, 6) is 1.36. The number of nitrogens with one attached hydrogen (secondary N) is 1. The fraction of sp³-hybridized carbons (Fsp3) is 0.364. The molecule has 0 aliphatic rings. The van der Waals surface area contributed by atoms with Crippen LogP contribution in [-0.4, -0.2) is 25.3 Å².